The standard InChI is InChI=1S/C20H22N2S2/c1-15(17-9-5-3-6-10-17)21-13-14-22(19(21)20(23)24)16(2)18-11-7-4-8-12-18/h3-12,15-16H,13-14H2,1-2H3/p+1/t15-,16-/m1/s1. The quantitative estimate of drug-likeness (QED) is 0.479. The number of thiocarbonyl (C=S) groups is 1. The van der Waals surface area contributed by atoms with Gasteiger partial charge in [-0.05, 0) is 25.0 Å². The molecular formula is C20H23N2S2+. The van der Waals surface area contributed by atoms with E-state index in [2.05, 4.69) is 96.6 Å². The molecule has 0 unspecified atom stereocenters. The second-order valence-corrected chi connectivity index (χ2v) is 7.35. The number of benzene rings is 2. The molecule has 0 radical (unpaired) electrons. The minimum Gasteiger partial charge on any atom is -0.250 e. The molecule has 0 saturated carbocycles. The molecule has 0 fully saturated rings. The summed E-state index contributed by atoms with van der Waals surface area (Å²) in [5.41, 5.74) is 2.60. The average Bonchev–Trinajstić information content (AvgIpc) is 3.07. The molecule has 0 bridgehead atoms. The van der Waals surface area contributed by atoms with Crippen LogP contribution in [0.1, 0.15) is 37.1 Å². The first kappa shape index (κ1) is 17.2. The van der Waals surface area contributed by atoms with Crippen LogP contribution in [0.2, 0.25) is 0 Å². The molecule has 24 heavy (non-hydrogen) atoms. The zero-order chi connectivity index (χ0) is 17.1. The third kappa shape index (κ3) is 3.40. The van der Waals surface area contributed by atoms with Crippen molar-refractivity contribution < 1.29 is 4.58 Å². The molecule has 0 spiro atoms. The second kappa shape index (κ2) is 7.49. The van der Waals surface area contributed by atoms with Gasteiger partial charge in [0.1, 0.15) is 25.2 Å². The van der Waals surface area contributed by atoms with Crippen molar-refractivity contribution in [1.29, 1.82) is 0 Å². The van der Waals surface area contributed by atoms with Gasteiger partial charge in [0.15, 0.2) is 4.20 Å². The average molecular weight is 356 g/mol. The van der Waals surface area contributed by atoms with E-state index in [0.29, 0.717) is 4.20 Å². The van der Waals surface area contributed by atoms with Crippen LogP contribution in [0.15, 0.2) is 60.7 Å². The first-order valence-corrected chi connectivity index (χ1v) is 9.18. The Morgan fingerprint density at radius 3 is 2.08 bits per heavy atom. The topological polar surface area (TPSA) is 6.25 Å². The fourth-order valence-corrected chi connectivity index (χ4v) is 3.91. The number of rotatable bonds is 5. The van der Waals surface area contributed by atoms with Gasteiger partial charge in [-0.15, -0.1) is 12.6 Å². The molecule has 1 heterocycles. The zero-order valence-corrected chi connectivity index (χ0v) is 15.8. The monoisotopic (exact) mass is 355 g/mol. The lowest BCUT2D eigenvalue weighted by Crippen LogP contribution is -2.36. The summed E-state index contributed by atoms with van der Waals surface area (Å²) < 4.78 is 3.04. The summed E-state index contributed by atoms with van der Waals surface area (Å²) in [5, 5.41) is 0. The van der Waals surface area contributed by atoms with E-state index in [0.717, 1.165) is 18.9 Å². The van der Waals surface area contributed by atoms with Crippen LogP contribution in [0.4, 0.5) is 0 Å². The van der Waals surface area contributed by atoms with E-state index in [1.54, 1.807) is 0 Å². The maximum absolute atomic E-state index is 5.49. The molecule has 2 aromatic carbocycles. The lowest BCUT2D eigenvalue weighted by Gasteiger charge is -2.21. The highest BCUT2D eigenvalue weighted by molar-refractivity contribution is 8.13. The Labute approximate surface area is 155 Å². The molecule has 2 atom stereocenters. The van der Waals surface area contributed by atoms with Gasteiger partial charge >= 0.3 is 0 Å². The number of thiol groups is 1. The van der Waals surface area contributed by atoms with E-state index in [1.165, 1.54) is 11.1 Å². The van der Waals surface area contributed by atoms with E-state index in [1.807, 2.05) is 0 Å². The van der Waals surface area contributed by atoms with Gasteiger partial charge in [-0.3, -0.25) is 0 Å². The Morgan fingerprint density at radius 2 is 1.54 bits per heavy atom. The van der Waals surface area contributed by atoms with Crippen LogP contribution in [0.25, 0.3) is 0 Å². The minimum absolute atomic E-state index is 0.277. The van der Waals surface area contributed by atoms with E-state index >= 15 is 0 Å². The molecule has 0 aliphatic carbocycles. The molecule has 1 aliphatic rings. The van der Waals surface area contributed by atoms with Gasteiger partial charge in [0.2, 0.25) is 0 Å². The highest BCUT2D eigenvalue weighted by Crippen LogP contribution is 2.27. The zero-order valence-electron chi connectivity index (χ0n) is 14.1. The summed E-state index contributed by atoms with van der Waals surface area (Å²) >= 11 is 10.0. The largest absolute Gasteiger partial charge is 0.297 e. The van der Waals surface area contributed by atoms with Gasteiger partial charge in [-0.2, -0.15) is 0 Å². The smallest absolute Gasteiger partial charge is 0.250 e. The Morgan fingerprint density at radius 1 is 1.00 bits per heavy atom. The Kier molecular flexibility index (Phi) is 5.36. The summed E-state index contributed by atoms with van der Waals surface area (Å²) in [6, 6.07) is 21.7. The fourth-order valence-electron chi connectivity index (χ4n) is 3.42. The summed E-state index contributed by atoms with van der Waals surface area (Å²) in [4.78, 5) is 2.38. The lowest BCUT2D eigenvalue weighted by molar-refractivity contribution is -0.558. The van der Waals surface area contributed by atoms with Crippen molar-refractivity contribution >= 4 is 34.9 Å². The Hall–Kier alpha value is -1.65. The fraction of sp³-hybridized carbons (Fsp3) is 0.300. The van der Waals surface area contributed by atoms with Gasteiger partial charge in [0, 0.05) is 0 Å². The van der Waals surface area contributed by atoms with Crippen molar-refractivity contribution in [3.05, 3.63) is 71.8 Å². The Balaban J connectivity index is 1.96. The maximum Gasteiger partial charge on any atom is 0.297 e. The number of hydrogen-bond donors (Lipinski definition) is 1. The maximum atomic E-state index is 5.49. The van der Waals surface area contributed by atoms with Crippen LogP contribution in [-0.2, 0) is 0 Å². The van der Waals surface area contributed by atoms with Crippen LogP contribution in [0.5, 0.6) is 0 Å². The van der Waals surface area contributed by atoms with Crippen molar-refractivity contribution in [3.8, 4) is 0 Å². The molecular weight excluding hydrogens is 332 g/mol. The summed E-state index contributed by atoms with van der Waals surface area (Å²) in [7, 11) is 0. The number of nitrogens with zero attached hydrogens (tertiary/aromatic N) is 2. The summed E-state index contributed by atoms with van der Waals surface area (Å²) in [5.74, 6) is 1.07. The van der Waals surface area contributed by atoms with Crippen LogP contribution in [0.3, 0.4) is 0 Å². The van der Waals surface area contributed by atoms with Crippen LogP contribution >= 0.6 is 24.8 Å². The minimum atomic E-state index is 0.277. The lowest BCUT2D eigenvalue weighted by atomic mass is 10.1. The molecule has 3 rings (SSSR count). The summed E-state index contributed by atoms with van der Waals surface area (Å²) in [6.45, 7) is 6.39. The van der Waals surface area contributed by atoms with E-state index in [4.69, 9.17) is 12.2 Å². The molecule has 4 heteroatoms. The Bertz CT molecular complexity index is 741. The van der Waals surface area contributed by atoms with Crippen molar-refractivity contribution in [2.75, 3.05) is 13.1 Å². The number of amidine groups is 1. The van der Waals surface area contributed by atoms with Crippen LogP contribution < -0.4 is 0 Å². The molecule has 0 amide bonds. The van der Waals surface area contributed by atoms with Gasteiger partial charge in [-0.1, -0.05) is 72.9 Å². The second-order valence-electron chi connectivity index (χ2n) is 6.19. The first-order chi connectivity index (χ1) is 11.6. The van der Waals surface area contributed by atoms with Crippen molar-refractivity contribution in [2.24, 2.45) is 0 Å². The molecule has 2 aromatic rings. The van der Waals surface area contributed by atoms with Gasteiger partial charge in [0.05, 0.1) is 0 Å². The van der Waals surface area contributed by atoms with E-state index in [-0.39, 0.29) is 12.1 Å². The van der Waals surface area contributed by atoms with E-state index in [9.17, 15) is 0 Å². The third-order valence-corrected chi connectivity index (χ3v) is 5.20. The van der Waals surface area contributed by atoms with Gasteiger partial charge < -0.3 is 0 Å². The molecule has 124 valence electrons. The first-order valence-electron chi connectivity index (χ1n) is 8.33. The molecule has 2 nitrogen and oxygen atoms in total. The molecule has 0 aromatic heterocycles. The molecule has 0 saturated heterocycles. The van der Waals surface area contributed by atoms with Crippen molar-refractivity contribution in [3.63, 3.8) is 0 Å². The van der Waals surface area contributed by atoms with Gasteiger partial charge in [0.25, 0.3) is 5.84 Å². The normalized spacial score (nSPS) is 17.0. The van der Waals surface area contributed by atoms with Crippen LogP contribution in [0, 0.1) is 0 Å². The van der Waals surface area contributed by atoms with Gasteiger partial charge in [-0.25, -0.2) is 9.48 Å². The number of hydrogen-bond acceptors (Lipinski definition) is 2. The predicted octanol–water partition coefficient (Wildman–Crippen LogP) is 4.49. The van der Waals surface area contributed by atoms with E-state index < -0.39 is 0 Å². The van der Waals surface area contributed by atoms with Crippen molar-refractivity contribution in [2.45, 2.75) is 25.9 Å². The predicted molar refractivity (Wildman–Crippen MR) is 108 cm³/mol. The summed E-state index contributed by atoms with van der Waals surface area (Å²) in [6.07, 6.45) is 0. The van der Waals surface area contributed by atoms with Crippen LogP contribution in [-0.4, -0.2) is 32.6 Å². The third-order valence-electron chi connectivity index (χ3n) is 4.82. The SMILES string of the molecule is C[C@H](c1ccccc1)N1CC[N+]([C@H](C)c2ccccc2)=C1C(=S)S. The molecule has 1 aliphatic heterocycles. The van der Waals surface area contributed by atoms with Crippen molar-refractivity contribution in [1.82, 2.24) is 4.90 Å². The highest BCUT2D eigenvalue weighted by Gasteiger charge is 2.38. The molecule has 0 N–H and O–H groups in total. The highest BCUT2D eigenvalue weighted by atomic mass is 32.1.